The van der Waals surface area contributed by atoms with Gasteiger partial charge >= 0.3 is 0 Å². The minimum atomic E-state index is -0.534. The third kappa shape index (κ3) is 5.07. The minimum Gasteiger partial charge on any atom is -0.459 e. The van der Waals surface area contributed by atoms with E-state index < -0.39 is 17.2 Å². The summed E-state index contributed by atoms with van der Waals surface area (Å²) in [5.41, 5.74) is 0.432. The lowest BCUT2D eigenvalue weighted by Gasteiger charge is -2.36. The number of fused-ring (bicyclic) bond motifs is 1. The SMILES string of the molecule is CCn1cc(C(=O)NCCN(C)C)c(=O)c2cc(F)c(N3CCN(C(=O)c4ccco4)CC3)cc21. The Labute approximate surface area is 202 Å². The van der Waals surface area contributed by atoms with E-state index in [4.69, 9.17) is 4.42 Å². The van der Waals surface area contributed by atoms with Crippen LogP contribution in [0.3, 0.4) is 0 Å². The lowest BCUT2D eigenvalue weighted by Crippen LogP contribution is -2.49. The fourth-order valence-corrected chi connectivity index (χ4v) is 4.26. The van der Waals surface area contributed by atoms with Gasteiger partial charge in [0.15, 0.2) is 5.76 Å². The number of anilines is 1. The van der Waals surface area contributed by atoms with E-state index in [1.54, 1.807) is 27.7 Å². The number of halogens is 1. The Morgan fingerprint density at radius 3 is 2.54 bits per heavy atom. The summed E-state index contributed by atoms with van der Waals surface area (Å²) in [6.45, 7) is 5.17. The Bertz CT molecular complexity index is 1280. The maximum absolute atomic E-state index is 15.2. The van der Waals surface area contributed by atoms with Crippen molar-refractivity contribution in [1.29, 1.82) is 0 Å². The number of hydrogen-bond donors (Lipinski definition) is 1. The zero-order chi connectivity index (χ0) is 25.1. The average molecular weight is 484 g/mol. The quantitative estimate of drug-likeness (QED) is 0.553. The second-order valence-electron chi connectivity index (χ2n) is 8.79. The zero-order valence-electron chi connectivity index (χ0n) is 20.2. The first-order chi connectivity index (χ1) is 16.8. The molecule has 10 heteroatoms. The number of piperazine rings is 1. The molecule has 1 aliphatic rings. The van der Waals surface area contributed by atoms with E-state index in [0.29, 0.717) is 57.0 Å². The topological polar surface area (TPSA) is 91.0 Å². The van der Waals surface area contributed by atoms with Crippen molar-refractivity contribution in [3.63, 3.8) is 0 Å². The summed E-state index contributed by atoms with van der Waals surface area (Å²) in [6, 6.07) is 6.17. The largest absolute Gasteiger partial charge is 0.459 e. The number of benzene rings is 1. The number of aryl methyl sites for hydroxylation is 1. The van der Waals surface area contributed by atoms with Crippen molar-refractivity contribution in [2.24, 2.45) is 0 Å². The van der Waals surface area contributed by atoms with Gasteiger partial charge in [-0.2, -0.15) is 0 Å². The predicted molar refractivity (Wildman–Crippen MR) is 132 cm³/mol. The molecule has 0 bridgehead atoms. The second kappa shape index (κ2) is 10.3. The lowest BCUT2D eigenvalue weighted by atomic mass is 10.1. The molecule has 35 heavy (non-hydrogen) atoms. The van der Waals surface area contributed by atoms with E-state index in [9.17, 15) is 14.4 Å². The third-order valence-corrected chi connectivity index (χ3v) is 6.22. The van der Waals surface area contributed by atoms with Crippen molar-refractivity contribution in [2.45, 2.75) is 13.5 Å². The van der Waals surface area contributed by atoms with Crippen LogP contribution in [0.4, 0.5) is 10.1 Å². The highest BCUT2D eigenvalue weighted by Gasteiger charge is 2.26. The van der Waals surface area contributed by atoms with Crippen LogP contribution in [0.25, 0.3) is 10.9 Å². The number of likely N-dealkylation sites (N-methyl/N-ethyl adjacent to an activating group) is 1. The highest BCUT2D eigenvalue weighted by molar-refractivity contribution is 5.98. The number of nitrogens with one attached hydrogen (secondary N) is 1. The van der Waals surface area contributed by atoms with Crippen molar-refractivity contribution < 1.29 is 18.4 Å². The number of amides is 2. The van der Waals surface area contributed by atoms with Gasteiger partial charge in [-0.1, -0.05) is 0 Å². The second-order valence-corrected chi connectivity index (χ2v) is 8.79. The number of carbonyl (C=O) groups excluding carboxylic acids is 2. The molecule has 0 aliphatic carbocycles. The number of pyridine rings is 1. The van der Waals surface area contributed by atoms with Crippen molar-refractivity contribution in [3.8, 4) is 0 Å². The number of aromatic nitrogens is 1. The molecule has 1 aliphatic heterocycles. The van der Waals surface area contributed by atoms with E-state index in [-0.39, 0.29) is 22.6 Å². The predicted octanol–water partition coefficient (Wildman–Crippen LogP) is 2.01. The highest BCUT2D eigenvalue weighted by Crippen LogP contribution is 2.26. The Morgan fingerprint density at radius 1 is 1.17 bits per heavy atom. The Hall–Kier alpha value is -3.66. The van der Waals surface area contributed by atoms with Gasteiger partial charge in [-0.15, -0.1) is 0 Å². The molecular formula is C25H30FN5O4. The summed E-state index contributed by atoms with van der Waals surface area (Å²) in [5.74, 6) is -0.912. The number of furan rings is 1. The molecule has 4 rings (SSSR count). The van der Waals surface area contributed by atoms with Crippen molar-refractivity contribution in [3.05, 3.63) is 64.1 Å². The lowest BCUT2D eigenvalue weighted by molar-refractivity contribution is 0.0714. The monoisotopic (exact) mass is 483 g/mol. The average Bonchev–Trinajstić information content (AvgIpc) is 3.39. The summed E-state index contributed by atoms with van der Waals surface area (Å²) >= 11 is 0. The number of rotatable bonds is 7. The fourth-order valence-electron chi connectivity index (χ4n) is 4.26. The van der Waals surface area contributed by atoms with Crippen LogP contribution in [0.5, 0.6) is 0 Å². The molecule has 9 nitrogen and oxygen atoms in total. The minimum absolute atomic E-state index is 0.00434. The molecule has 1 saturated heterocycles. The molecular weight excluding hydrogens is 453 g/mol. The van der Waals surface area contributed by atoms with Gasteiger partial charge in [0.25, 0.3) is 11.8 Å². The van der Waals surface area contributed by atoms with Crippen LogP contribution in [0, 0.1) is 5.82 Å². The van der Waals surface area contributed by atoms with Gasteiger partial charge in [0.1, 0.15) is 11.4 Å². The van der Waals surface area contributed by atoms with Gasteiger partial charge in [0, 0.05) is 57.4 Å². The summed E-state index contributed by atoms with van der Waals surface area (Å²) in [4.78, 5) is 43.7. The van der Waals surface area contributed by atoms with Gasteiger partial charge in [0.2, 0.25) is 5.43 Å². The Kier molecular flexibility index (Phi) is 7.20. The molecule has 2 aromatic heterocycles. The summed E-state index contributed by atoms with van der Waals surface area (Å²) in [7, 11) is 3.78. The van der Waals surface area contributed by atoms with Gasteiger partial charge in [0.05, 0.1) is 17.5 Å². The molecule has 3 aromatic rings. The van der Waals surface area contributed by atoms with E-state index in [1.165, 1.54) is 18.5 Å². The molecule has 0 atom stereocenters. The maximum atomic E-state index is 15.2. The Balaban J connectivity index is 1.58. The van der Waals surface area contributed by atoms with E-state index in [1.807, 2.05) is 30.8 Å². The van der Waals surface area contributed by atoms with Gasteiger partial charge in [-0.25, -0.2) is 4.39 Å². The number of nitrogens with zero attached hydrogens (tertiary/aromatic N) is 4. The first-order valence-corrected chi connectivity index (χ1v) is 11.7. The van der Waals surface area contributed by atoms with Crippen LogP contribution < -0.4 is 15.6 Å². The fraction of sp³-hybridized carbons (Fsp3) is 0.400. The molecule has 0 saturated carbocycles. The van der Waals surface area contributed by atoms with E-state index in [2.05, 4.69) is 5.32 Å². The van der Waals surface area contributed by atoms with Gasteiger partial charge in [-0.3, -0.25) is 14.4 Å². The number of carbonyl (C=O) groups is 2. The number of hydrogen-bond acceptors (Lipinski definition) is 6. The molecule has 186 valence electrons. The van der Waals surface area contributed by atoms with Crippen molar-refractivity contribution in [2.75, 3.05) is 58.3 Å². The normalized spacial score (nSPS) is 14.1. The standard InChI is InChI=1S/C25H30FN5O4/c1-4-29-16-18(24(33)27-7-8-28(2)3)23(32)17-14-19(26)21(15-20(17)29)30-9-11-31(12-10-30)25(34)22-6-5-13-35-22/h5-6,13-16H,4,7-12H2,1-3H3,(H,27,33). The van der Waals surface area contributed by atoms with Crippen LogP contribution in [0.1, 0.15) is 27.8 Å². The molecule has 1 fully saturated rings. The molecule has 2 amide bonds. The summed E-state index contributed by atoms with van der Waals surface area (Å²) in [5, 5.41) is 2.92. The van der Waals surface area contributed by atoms with Crippen LogP contribution in [-0.4, -0.2) is 79.5 Å². The van der Waals surface area contributed by atoms with Crippen LogP contribution >= 0.6 is 0 Å². The smallest absolute Gasteiger partial charge is 0.289 e. The van der Waals surface area contributed by atoms with Crippen molar-refractivity contribution >= 4 is 28.4 Å². The van der Waals surface area contributed by atoms with Crippen molar-refractivity contribution in [1.82, 2.24) is 19.7 Å². The van der Waals surface area contributed by atoms with Gasteiger partial charge < -0.3 is 29.0 Å². The van der Waals surface area contributed by atoms with Gasteiger partial charge in [-0.05, 0) is 45.3 Å². The molecule has 3 heterocycles. The first kappa shape index (κ1) is 24.5. The molecule has 0 radical (unpaired) electrons. The van der Waals surface area contributed by atoms with Crippen LogP contribution in [0.15, 0.2) is 45.9 Å². The zero-order valence-corrected chi connectivity index (χ0v) is 20.2. The Morgan fingerprint density at radius 2 is 1.91 bits per heavy atom. The molecule has 0 unspecified atom stereocenters. The molecule has 1 aromatic carbocycles. The third-order valence-electron chi connectivity index (χ3n) is 6.22. The highest BCUT2D eigenvalue weighted by atomic mass is 19.1. The summed E-state index contributed by atoms with van der Waals surface area (Å²) in [6.07, 6.45) is 3.00. The van der Waals surface area contributed by atoms with Crippen LogP contribution in [-0.2, 0) is 6.54 Å². The molecule has 1 N–H and O–H groups in total. The maximum Gasteiger partial charge on any atom is 0.289 e. The van der Waals surface area contributed by atoms with Crippen LogP contribution in [0.2, 0.25) is 0 Å². The van der Waals surface area contributed by atoms with E-state index in [0.717, 1.165) is 0 Å². The van der Waals surface area contributed by atoms with E-state index >= 15 is 4.39 Å². The summed E-state index contributed by atoms with van der Waals surface area (Å²) < 4.78 is 22.2. The first-order valence-electron chi connectivity index (χ1n) is 11.7. The molecule has 0 spiro atoms.